The average Bonchev–Trinajstić information content (AvgIpc) is 3.03. The van der Waals surface area contributed by atoms with Gasteiger partial charge in [0.25, 0.3) is 0 Å². The Labute approximate surface area is 140 Å². The molecule has 3 rings (SSSR count). The van der Waals surface area contributed by atoms with Gasteiger partial charge < -0.3 is 9.67 Å². The molecule has 3 aromatic rings. The minimum Gasteiger partial charge on any atom is -0.478 e. The zero-order valence-corrected chi connectivity index (χ0v) is 13.4. The third kappa shape index (κ3) is 3.02. The number of alkyl halides is 3. The van der Waals surface area contributed by atoms with Gasteiger partial charge in [-0.15, -0.1) is 0 Å². The summed E-state index contributed by atoms with van der Waals surface area (Å²) >= 11 is 0. The van der Waals surface area contributed by atoms with Crippen LogP contribution < -0.4 is 0 Å². The number of carboxylic acids is 1. The molecule has 25 heavy (non-hydrogen) atoms. The van der Waals surface area contributed by atoms with E-state index in [4.69, 9.17) is 5.11 Å². The molecule has 0 aliphatic heterocycles. The lowest BCUT2D eigenvalue weighted by Gasteiger charge is -2.10. The van der Waals surface area contributed by atoms with Crippen molar-refractivity contribution in [2.45, 2.75) is 13.1 Å². The van der Waals surface area contributed by atoms with Gasteiger partial charge in [-0.2, -0.15) is 18.3 Å². The highest BCUT2D eigenvalue weighted by molar-refractivity contribution is 5.87. The third-order valence-corrected chi connectivity index (χ3v) is 3.88. The van der Waals surface area contributed by atoms with Crippen LogP contribution in [0.15, 0.2) is 36.5 Å². The number of carbonyl (C=O) groups is 1. The number of halogens is 3. The molecule has 0 aliphatic rings. The van der Waals surface area contributed by atoms with Crippen LogP contribution in [0.4, 0.5) is 13.2 Å². The summed E-state index contributed by atoms with van der Waals surface area (Å²) in [5, 5.41) is 13.7. The summed E-state index contributed by atoms with van der Waals surface area (Å²) in [5.74, 6) is -0.629. The van der Waals surface area contributed by atoms with E-state index in [0.717, 1.165) is 18.2 Å². The first-order valence-electron chi connectivity index (χ1n) is 7.32. The minimum atomic E-state index is -4.45. The minimum absolute atomic E-state index is 0.364. The van der Waals surface area contributed by atoms with E-state index < -0.39 is 17.7 Å². The Bertz CT molecular complexity index is 997. The standard InChI is InChI=1S/C17H14F3N3O2/c1-10-13(5-6-15(24)25)16(22(2)21-10)23-8-7-11-3-4-12(9-14(11)23)17(18,19)20/h3-9H,1-2H3,(H,24,25)/b6-5+. The summed E-state index contributed by atoms with van der Waals surface area (Å²) in [7, 11) is 1.65. The van der Waals surface area contributed by atoms with E-state index in [0.29, 0.717) is 28.0 Å². The second-order valence-corrected chi connectivity index (χ2v) is 5.57. The zero-order valence-electron chi connectivity index (χ0n) is 13.4. The Balaban J connectivity index is 2.25. The Morgan fingerprint density at radius 3 is 2.64 bits per heavy atom. The van der Waals surface area contributed by atoms with E-state index in [-0.39, 0.29) is 0 Å². The Morgan fingerprint density at radius 1 is 1.28 bits per heavy atom. The molecule has 8 heteroatoms. The van der Waals surface area contributed by atoms with Crippen LogP contribution in [0.2, 0.25) is 0 Å². The summed E-state index contributed by atoms with van der Waals surface area (Å²) in [4.78, 5) is 10.8. The normalized spacial score (nSPS) is 12.4. The molecule has 0 bridgehead atoms. The van der Waals surface area contributed by atoms with E-state index in [9.17, 15) is 18.0 Å². The monoisotopic (exact) mass is 349 g/mol. The van der Waals surface area contributed by atoms with Crippen LogP contribution in [0.3, 0.4) is 0 Å². The fraction of sp³-hybridized carbons (Fsp3) is 0.176. The summed E-state index contributed by atoms with van der Waals surface area (Å²) in [5.41, 5.74) is 0.716. The van der Waals surface area contributed by atoms with Crippen molar-refractivity contribution in [3.05, 3.63) is 53.4 Å². The highest BCUT2D eigenvalue weighted by Crippen LogP contribution is 2.33. The highest BCUT2D eigenvalue weighted by Gasteiger charge is 2.31. The first-order valence-corrected chi connectivity index (χ1v) is 7.32. The Morgan fingerprint density at radius 2 is 2.00 bits per heavy atom. The SMILES string of the molecule is Cc1nn(C)c(-n2ccc3ccc(C(F)(F)F)cc32)c1/C=C/C(=O)O. The van der Waals surface area contributed by atoms with Crippen molar-refractivity contribution < 1.29 is 23.1 Å². The van der Waals surface area contributed by atoms with Gasteiger partial charge >= 0.3 is 12.1 Å². The molecular formula is C17H14F3N3O2. The van der Waals surface area contributed by atoms with Gasteiger partial charge in [-0.05, 0) is 31.2 Å². The molecule has 130 valence electrons. The van der Waals surface area contributed by atoms with E-state index >= 15 is 0 Å². The smallest absolute Gasteiger partial charge is 0.416 e. The second kappa shape index (κ2) is 5.80. The van der Waals surface area contributed by atoms with Gasteiger partial charge in [0.1, 0.15) is 5.82 Å². The summed E-state index contributed by atoms with van der Waals surface area (Å²) in [6.45, 7) is 1.71. The number of carboxylic acid groups (broad SMARTS) is 1. The van der Waals surface area contributed by atoms with Crippen LogP contribution in [-0.2, 0) is 18.0 Å². The van der Waals surface area contributed by atoms with Crippen LogP contribution >= 0.6 is 0 Å². The van der Waals surface area contributed by atoms with Gasteiger partial charge in [0.2, 0.25) is 0 Å². The Hall–Kier alpha value is -3.03. The number of aliphatic carboxylic acids is 1. The lowest BCUT2D eigenvalue weighted by atomic mass is 10.1. The van der Waals surface area contributed by atoms with Crippen molar-refractivity contribution in [2.75, 3.05) is 0 Å². The van der Waals surface area contributed by atoms with Crippen LogP contribution in [0.25, 0.3) is 22.8 Å². The maximum absolute atomic E-state index is 13.0. The molecule has 2 aromatic heterocycles. The number of fused-ring (bicyclic) bond motifs is 1. The highest BCUT2D eigenvalue weighted by atomic mass is 19.4. The lowest BCUT2D eigenvalue weighted by Crippen LogP contribution is -2.06. The first-order chi connectivity index (χ1) is 11.7. The van der Waals surface area contributed by atoms with E-state index in [1.807, 2.05) is 0 Å². The largest absolute Gasteiger partial charge is 0.478 e. The number of aryl methyl sites for hydroxylation is 2. The fourth-order valence-electron chi connectivity index (χ4n) is 2.79. The van der Waals surface area contributed by atoms with Crippen molar-refractivity contribution in [3.63, 3.8) is 0 Å². The summed E-state index contributed by atoms with van der Waals surface area (Å²) < 4.78 is 42.2. The van der Waals surface area contributed by atoms with Gasteiger partial charge in [-0.1, -0.05) is 6.07 Å². The van der Waals surface area contributed by atoms with Gasteiger partial charge in [-0.25, -0.2) is 4.79 Å². The number of aromatic nitrogens is 3. The molecule has 1 aromatic carbocycles. The number of nitrogens with zero attached hydrogens (tertiary/aromatic N) is 3. The molecule has 1 N–H and O–H groups in total. The molecular weight excluding hydrogens is 335 g/mol. The van der Waals surface area contributed by atoms with E-state index in [2.05, 4.69) is 5.10 Å². The van der Waals surface area contributed by atoms with Gasteiger partial charge in [0, 0.05) is 30.3 Å². The van der Waals surface area contributed by atoms with Crippen molar-refractivity contribution in [2.24, 2.45) is 7.05 Å². The number of hydrogen-bond acceptors (Lipinski definition) is 2. The van der Waals surface area contributed by atoms with Crippen LogP contribution in [-0.4, -0.2) is 25.4 Å². The molecule has 0 fully saturated rings. The first kappa shape index (κ1) is 16.8. The van der Waals surface area contributed by atoms with Crippen molar-refractivity contribution in [1.29, 1.82) is 0 Å². The number of rotatable bonds is 3. The average molecular weight is 349 g/mol. The third-order valence-electron chi connectivity index (χ3n) is 3.88. The zero-order chi connectivity index (χ0) is 18.4. The number of benzene rings is 1. The van der Waals surface area contributed by atoms with Crippen molar-refractivity contribution in [1.82, 2.24) is 14.3 Å². The molecule has 0 saturated heterocycles. The maximum Gasteiger partial charge on any atom is 0.416 e. The van der Waals surface area contributed by atoms with Crippen LogP contribution in [0.1, 0.15) is 16.8 Å². The van der Waals surface area contributed by atoms with E-state index in [1.165, 1.54) is 16.8 Å². The van der Waals surface area contributed by atoms with Crippen molar-refractivity contribution in [3.8, 4) is 5.82 Å². The van der Waals surface area contributed by atoms with Gasteiger partial charge in [-0.3, -0.25) is 4.68 Å². The summed E-state index contributed by atoms with van der Waals surface area (Å²) in [6, 6.07) is 5.21. The molecule has 0 unspecified atom stereocenters. The molecule has 0 radical (unpaired) electrons. The molecule has 0 spiro atoms. The maximum atomic E-state index is 13.0. The van der Waals surface area contributed by atoms with Crippen molar-refractivity contribution >= 4 is 22.9 Å². The molecule has 0 amide bonds. The summed E-state index contributed by atoms with van der Waals surface area (Å²) in [6.07, 6.45) is -0.448. The molecule has 0 aliphatic carbocycles. The number of hydrogen-bond donors (Lipinski definition) is 1. The predicted molar refractivity (Wildman–Crippen MR) is 86.4 cm³/mol. The Kier molecular flexibility index (Phi) is 3.90. The molecule has 5 nitrogen and oxygen atoms in total. The lowest BCUT2D eigenvalue weighted by molar-refractivity contribution is -0.137. The van der Waals surface area contributed by atoms with Crippen LogP contribution in [0, 0.1) is 6.92 Å². The quantitative estimate of drug-likeness (QED) is 0.732. The molecule has 0 saturated carbocycles. The van der Waals surface area contributed by atoms with Crippen LogP contribution in [0.5, 0.6) is 0 Å². The molecule has 2 heterocycles. The van der Waals surface area contributed by atoms with Gasteiger partial charge in [0.05, 0.1) is 16.8 Å². The fourth-order valence-corrected chi connectivity index (χ4v) is 2.79. The second-order valence-electron chi connectivity index (χ2n) is 5.57. The molecule has 0 atom stereocenters. The van der Waals surface area contributed by atoms with Gasteiger partial charge in [0.15, 0.2) is 0 Å². The topological polar surface area (TPSA) is 60.0 Å². The predicted octanol–water partition coefficient (Wildman–Crippen LogP) is 3.79. The van der Waals surface area contributed by atoms with E-state index in [1.54, 1.807) is 30.8 Å².